The van der Waals surface area contributed by atoms with Gasteiger partial charge in [-0.1, -0.05) is 164 Å². The molecule has 0 saturated carbocycles. The van der Waals surface area contributed by atoms with E-state index in [2.05, 4.69) is 170 Å². The monoisotopic (exact) mass is 703 g/mol. The molecule has 0 bridgehead atoms. The van der Waals surface area contributed by atoms with Crippen molar-refractivity contribution in [3.8, 4) is 45.0 Å². The van der Waals surface area contributed by atoms with E-state index in [1.54, 1.807) is 0 Å². The van der Waals surface area contributed by atoms with E-state index in [4.69, 9.17) is 19.4 Å². The molecule has 0 radical (unpaired) electrons. The molecule has 258 valence electrons. The van der Waals surface area contributed by atoms with Crippen molar-refractivity contribution < 1.29 is 4.42 Å². The highest BCUT2D eigenvalue weighted by atomic mass is 16.3. The topological polar surface area (TPSA) is 51.8 Å². The van der Waals surface area contributed by atoms with Crippen molar-refractivity contribution in [3.05, 3.63) is 194 Å². The van der Waals surface area contributed by atoms with Crippen LogP contribution in [0.15, 0.2) is 193 Å². The van der Waals surface area contributed by atoms with Crippen LogP contribution in [0.2, 0.25) is 0 Å². The number of nitrogens with zero attached hydrogens (tertiary/aromatic N) is 3. The van der Waals surface area contributed by atoms with Gasteiger partial charge >= 0.3 is 0 Å². The van der Waals surface area contributed by atoms with Crippen LogP contribution in [0.25, 0.3) is 94.1 Å². The zero-order valence-corrected chi connectivity index (χ0v) is 29.8. The zero-order valence-electron chi connectivity index (χ0n) is 29.8. The molecular weight excluding hydrogens is 671 g/mol. The molecule has 0 amide bonds. The first kappa shape index (κ1) is 31.4. The third-order valence-electron chi connectivity index (χ3n) is 11.1. The summed E-state index contributed by atoms with van der Waals surface area (Å²) in [5.41, 5.74) is 9.27. The summed E-state index contributed by atoms with van der Waals surface area (Å²) in [4.78, 5) is 15.4. The third kappa shape index (κ3) is 5.33. The maximum atomic E-state index is 6.51. The molecule has 2 aliphatic rings. The second-order valence-corrected chi connectivity index (χ2v) is 14.3. The minimum Gasteiger partial charge on any atom is -0.456 e. The molecule has 2 aromatic heterocycles. The highest BCUT2D eigenvalue weighted by molar-refractivity contribution is 6.17. The number of fused-ring (bicyclic) bond motifs is 6. The predicted octanol–water partition coefficient (Wildman–Crippen LogP) is 13.1. The van der Waals surface area contributed by atoms with Crippen LogP contribution in [-0.4, -0.2) is 15.0 Å². The number of furan rings is 1. The number of benzene rings is 7. The first-order valence-electron chi connectivity index (χ1n) is 18.8. The lowest BCUT2D eigenvalue weighted by molar-refractivity contribution is 0.662. The number of hydrogen-bond acceptors (Lipinski definition) is 4. The zero-order chi connectivity index (χ0) is 36.3. The summed E-state index contributed by atoms with van der Waals surface area (Å²) in [5, 5.41) is 6.86. The maximum absolute atomic E-state index is 6.51. The Hall–Kier alpha value is -7.17. The molecule has 0 fully saturated rings. The van der Waals surface area contributed by atoms with Gasteiger partial charge in [-0.25, -0.2) is 15.0 Å². The Morgan fingerprint density at radius 2 is 1.11 bits per heavy atom. The second kappa shape index (κ2) is 12.8. The molecule has 2 unspecified atom stereocenters. The molecule has 7 aromatic carbocycles. The van der Waals surface area contributed by atoms with Crippen LogP contribution in [0.4, 0.5) is 0 Å². The summed E-state index contributed by atoms with van der Waals surface area (Å²) in [5.74, 6) is 2.60. The number of hydrogen-bond donors (Lipinski definition) is 0. The Bertz CT molecular complexity index is 3110. The Balaban J connectivity index is 1.09. The first-order chi connectivity index (χ1) is 27.2. The lowest BCUT2D eigenvalue weighted by Crippen LogP contribution is -2.12. The Morgan fingerprint density at radius 1 is 0.418 bits per heavy atom. The fourth-order valence-electron chi connectivity index (χ4n) is 8.39. The third-order valence-corrected chi connectivity index (χ3v) is 11.1. The molecule has 0 spiro atoms. The summed E-state index contributed by atoms with van der Waals surface area (Å²) >= 11 is 0. The van der Waals surface area contributed by atoms with Crippen LogP contribution in [0.5, 0.6) is 0 Å². The summed E-state index contributed by atoms with van der Waals surface area (Å²) < 4.78 is 6.51. The van der Waals surface area contributed by atoms with Gasteiger partial charge in [-0.3, -0.25) is 0 Å². The first-order valence-corrected chi connectivity index (χ1v) is 18.8. The fraction of sp³-hybridized carbons (Fsp3) is 0.0392. The molecular formula is C51H33N3O. The van der Waals surface area contributed by atoms with Crippen molar-refractivity contribution in [3.63, 3.8) is 0 Å². The molecule has 0 saturated heterocycles. The average molecular weight is 704 g/mol. The van der Waals surface area contributed by atoms with Gasteiger partial charge in [0.15, 0.2) is 17.5 Å². The SMILES string of the molecule is C1=CC2C=CC(c3nc(-c4ccccc4)nc(-c4ccc(-c5cccc6oc7ccc(-c8cccc9ccccc89)cc7c56)c5ccccc45)n3)=CC2C=C1. The van der Waals surface area contributed by atoms with Gasteiger partial charge in [-0.2, -0.15) is 0 Å². The maximum Gasteiger partial charge on any atom is 0.164 e. The van der Waals surface area contributed by atoms with Gasteiger partial charge in [0.05, 0.1) is 0 Å². The van der Waals surface area contributed by atoms with E-state index in [-0.39, 0.29) is 5.92 Å². The van der Waals surface area contributed by atoms with Crippen LogP contribution < -0.4 is 0 Å². The number of rotatable bonds is 5. The highest BCUT2D eigenvalue weighted by Gasteiger charge is 2.23. The van der Waals surface area contributed by atoms with Crippen LogP contribution in [0.1, 0.15) is 5.82 Å². The second-order valence-electron chi connectivity index (χ2n) is 14.3. The standard InChI is InChI=1S/C51H33N3O/c1-2-14-34(15-3-1)49-52-50(37-25-24-32-12-4-5-16-35(32)30-37)54-51(53-49)44-28-27-42(40-19-8-9-20-41(40)44)43-22-11-23-47-48(43)45-31-36(26-29-46(45)55-47)39-21-10-17-33-13-6-7-18-38(33)39/h1-32,35H. The minimum absolute atomic E-state index is 0.273. The molecule has 2 atom stereocenters. The molecule has 2 heterocycles. The lowest BCUT2D eigenvalue weighted by atomic mass is 9.83. The molecule has 9 aromatic rings. The molecule has 0 N–H and O–H groups in total. The summed E-state index contributed by atoms with van der Waals surface area (Å²) in [6.45, 7) is 0. The molecule has 4 heteroatoms. The van der Waals surface area contributed by atoms with Crippen molar-refractivity contribution in [2.45, 2.75) is 0 Å². The van der Waals surface area contributed by atoms with Gasteiger partial charge in [0, 0.05) is 39.3 Å². The van der Waals surface area contributed by atoms with E-state index < -0.39 is 0 Å². The van der Waals surface area contributed by atoms with Crippen molar-refractivity contribution in [2.75, 3.05) is 0 Å². The summed E-state index contributed by atoms with van der Waals surface area (Å²) in [6, 6.07) is 51.2. The number of aromatic nitrogens is 3. The van der Waals surface area contributed by atoms with Gasteiger partial charge in [0.1, 0.15) is 11.2 Å². The van der Waals surface area contributed by atoms with E-state index >= 15 is 0 Å². The van der Waals surface area contributed by atoms with E-state index in [0.29, 0.717) is 23.4 Å². The van der Waals surface area contributed by atoms with Crippen molar-refractivity contribution in [2.24, 2.45) is 11.8 Å². The smallest absolute Gasteiger partial charge is 0.164 e. The Labute approximate surface area is 318 Å². The van der Waals surface area contributed by atoms with Crippen molar-refractivity contribution in [1.29, 1.82) is 0 Å². The fourth-order valence-corrected chi connectivity index (χ4v) is 8.39. The molecule has 0 aliphatic heterocycles. The Morgan fingerprint density at radius 3 is 2.00 bits per heavy atom. The van der Waals surface area contributed by atoms with Crippen LogP contribution >= 0.6 is 0 Å². The quantitative estimate of drug-likeness (QED) is 0.179. The normalized spacial score (nSPS) is 16.3. The van der Waals surface area contributed by atoms with Gasteiger partial charge in [-0.15, -0.1) is 0 Å². The van der Waals surface area contributed by atoms with E-state index in [1.807, 2.05) is 18.2 Å². The van der Waals surface area contributed by atoms with E-state index in [1.165, 1.54) is 16.3 Å². The van der Waals surface area contributed by atoms with Crippen LogP contribution in [-0.2, 0) is 0 Å². The Kier molecular flexibility index (Phi) is 7.27. The lowest BCUT2D eigenvalue weighted by Gasteiger charge is -2.23. The van der Waals surface area contributed by atoms with Gasteiger partial charge in [0.2, 0.25) is 0 Å². The summed E-state index contributed by atoms with van der Waals surface area (Å²) in [7, 11) is 0. The van der Waals surface area contributed by atoms with Crippen LogP contribution in [0, 0.1) is 11.8 Å². The minimum atomic E-state index is 0.273. The molecule has 4 nitrogen and oxygen atoms in total. The van der Waals surface area contributed by atoms with E-state index in [0.717, 1.165) is 66.1 Å². The highest BCUT2D eigenvalue weighted by Crippen LogP contribution is 2.43. The number of allylic oxidation sites excluding steroid dienone is 8. The van der Waals surface area contributed by atoms with Gasteiger partial charge in [-0.05, 0) is 68.1 Å². The average Bonchev–Trinajstić information content (AvgIpc) is 3.64. The largest absolute Gasteiger partial charge is 0.456 e. The molecule has 2 aliphatic carbocycles. The molecule has 55 heavy (non-hydrogen) atoms. The van der Waals surface area contributed by atoms with Crippen molar-refractivity contribution in [1.82, 2.24) is 15.0 Å². The van der Waals surface area contributed by atoms with Crippen LogP contribution in [0.3, 0.4) is 0 Å². The molecule has 11 rings (SSSR count). The van der Waals surface area contributed by atoms with Gasteiger partial charge in [0.25, 0.3) is 0 Å². The van der Waals surface area contributed by atoms with Crippen molar-refractivity contribution >= 4 is 49.1 Å². The van der Waals surface area contributed by atoms with Gasteiger partial charge < -0.3 is 4.42 Å². The predicted molar refractivity (Wildman–Crippen MR) is 226 cm³/mol. The summed E-state index contributed by atoms with van der Waals surface area (Å²) in [6.07, 6.45) is 15.4. The van der Waals surface area contributed by atoms with E-state index in [9.17, 15) is 0 Å².